The molecule has 1 rings (SSSR count). The van der Waals surface area contributed by atoms with Crippen LogP contribution in [0.5, 0.6) is 0 Å². The van der Waals surface area contributed by atoms with E-state index in [1.807, 2.05) is 33.3 Å². The van der Waals surface area contributed by atoms with E-state index < -0.39 is 0 Å². The Balaban J connectivity index is 1.99. The van der Waals surface area contributed by atoms with E-state index >= 15 is 0 Å². The highest BCUT2D eigenvalue weighted by Crippen LogP contribution is 2.23. The van der Waals surface area contributed by atoms with Gasteiger partial charge in [0, 0.05) is 17.3 Å². The lowest BCUT2D eigenvalue weighted by Crippen LogP contribution is -1.79. The topological polar surface area (TPSA) is 0 Å². The third-order valence-corrected chi connectivity index (χ3v) is 5.05. The van der Waals surface area contributed by atoms with Crippen molar-refractivity contribution in [2.45, 2.75) is 19.1 Å². The maximum Gasteiger partial charge on any atom is 0.0187 e. The molecule has 0 unspecified atom stereocenters. The fraction of sp³-hybridized carbons (Fsp3) is 0.385. The average Bonchev–Trinajstić information content (AvgIpc) is 2.34. The molecular formula is C13H18S3. The van der Waals surface area contributed by atoms with Crippen molar-refractivity contribution in [3.8, 4) is 0 Å². The second-order valence-corrected chi connectivity index (χ2v) is 6.71. The molecule has 1 aromatic rings. The van der Waals surface area contributed by atoms with Gasteiger partial charge in [-0.1, -0.05) is 64.9 Å². The Morgan fingerprint density at radius 3 is 2.75 bits per heavy atom. The number of hydrogen-bond donors (Lipinski definition) is 0. The van der Waals surface area contributed by atoms with Gasteiger partial charge >= 0.3 is 0 Å². The minimum absolute atomic E-state index is 1.11. The summed E-state index contributed by atoms with van der Waals surface area (Å²) in [5, 5.41) is 2.21. The summed E-state index contributed by atoms with van der Waals surface area (Å²) in [7, 11) is 3.78. The zero-order valence-electron chi connectivity index (χ0n) is 9.59. The molecule has 0 aliphatic carbocycles. The van der Waals surface area contributed by atoms with E-state index in [9.17, 15) is 0 Å². The van der Waals surface area contributed by atoms with Crippen molar-refractivity contribution in [1.29, 1.82) is 0 Å². The fourth-order valence-electron chi connectivity index (χ4n) is 1.07. The first-order chi connectivity index (χ1) is 7.93. The molecule has 0 atom stereocenters. The molecule has 0 aromatic heterocycles. The third kappa shape index (κ3) is 7.31. The van der Waals surface area contributed by atoms with Gasteiger partial charge in [0.25, 0.3) is 0 Å². The molecule has 0 radical (unpaired) electrons. The molecule has 1 aromatic carbocycles. The molecule has 0 nitrogen and oxygen atoms in total. The third-order valence-electron chi connectivity index (χ3n) is 1.83. The molecule has 88 valence electrons. The summed E-state index contributed by atoms with van der Waals surface area (Å²) in [6, 6.07) is 10.6. The summed E-state index contributed by atoms with van der Waals surface area (Å²) in [5.41, 5.74) is 1.41. The zero-order chi connectivity index (χ0) is 11.5. The summed E-state index contributed by atoms with van der Waals surface area (Å²) in [5.74, 6) is 3.46. The smallest absolute Gasteiger partial charge is 0.0187 e. The molecule has 16 heavy (non-hydrogen) atoms. The Hall–Kier alpha value is 0.01000. The highest BCUT2D eigenvalue weighted by atomic mass is 33.1. The molecule has 0 saturated carbocycles. The van der Waals surface area contributed by atoms with E-state index in [1.54, 1.807) is 0 Å². The highest BCUT2D eigenvalue weighted by molar-refractivity contribution is 8.77. The molecule has 0 aliphatic rings. The summed E-state index contributed by atoms with van der Waals surface area (Å²) in [6.07, 6.45) is 3.51. The van der Waals surface area contributed by atoms with Crippen molar-refractivity contribution >= 4 is 33.3 Å². The molecule has 3 heteroatoms. The Kier molecular flexibility index (Phi) is 8.96. The predicted octanol–water partition coefficient (Wildman–Crippen LogP) is 5.22. The molecule has 0 spiro atoms. The van der Waals surface area contributed by atoms with Crippen LogP contribution in [0.3, 0.4) is 0 Å². The molecule has 0 heterocycles. The normalized spacial score (nSPS) is 11.1. The minimum Gasteiger partial charge on any atom is -0.153 e. The molecule has 0 amide bonds. The van der Waals surface area contributed by atoms with Gasteiger partial charge in [0.1, 0.15) is 0 Å². The monoisotopic (exact) mass is 270 g/mol. The first kappa shape index (κ1) is 14.1. The fourth-order valence-corrected chi connectivity index (χ4v) is 3.74. The molecule has 0 saturated heterocycles. The van der Waals surface area contributed by atoms with Crippen LogP contribution in [0.4, 0.5) is 0 Å². The molecule has 0 aliphatic heterocycles. The Labute approximate surface area is 111 Å². The van der Waals surface area contributed by atoms with E-state index in [4.69, 9.17) is 0 Å². The van der Waals surface area contributed by atoms with Crippen molar-refractivity contribution < 1.29 is 0 Å². The van der Waals surface area contributed by atoms with Crippen LogP contribution in [-0.4, -0.2) is 11.5 Å². The number of hydrogen-bond acceptors (Lipinski definition) is 3. The van der Waals surface area contributed by atoms with E-state index in [2.05, 4.69) is 48.7 Å². The predicted molar refractivity (Wildman–Crippen MR) is 82.1 cm³/mol. The second-order valence-electron chi connectivity index (χ2n) is 3.29. The summed E-state index contributed by atoms with van der Waals surface area (Å²) in [6.45, 7) is 2.22. The van der Waals surface area contributed by atoms with Crippen LogP contribution >= 0.6 is 33.3 Å². The first-order valence-electron chi connectivity index (χ1n) is 5.48. The number of benzene rings is 1. The van der Waals surface area contributed by atoms with Crippen LogP contribution in [0.15, 0.2) is 41.8 Å². The largest absolute Gasteiger partial charge is 0.153 e. The summed E-state index contributed by atoms with van der Waals surface area (Å²) < 4.78 is 0. The van der Waals surface area contributed by atoms with Gasteiger partial charge in [-0.15, -0.1) is 0 Å². The van der Waals surface area contributed by atoms with E-state index in [0.717, 1.165) is 11.5 Å². The SMILES string of the molecule is CCCSS/C=C/CSCc1ccccc1. The van der Waals surface area contributed by atoms with Crippen LogP contribution < -0.4 is 0 Å². The van der Waals surface area contributed by atoms with Gasteiger partial charge in [-0.05, 0) is 17.4 Å². The van der Waals surface area contributed by atoms with Crippen molar-refractivity contribution in [3.63, 3.8) is 0 Å². The van der Waals surface area contributed by atoms with Gasteiger partial charge in [0.05, 0.1) is 0 Å². The van der Waals surface area contributed by atoms with Gasteiger partial charge in [-0.3, -0.25) is 0 Å². The van der Waals surface area contributed by atoms with Gasteiger partial charge in [0.2, 0.25) is 0 Å². The minimum atomic E-state index is 1.11. The molecule has 0 bridgehead atoms. The zero-order valence-corrected chi connectivity index (χ0v) is 12.0. The summed E-state index contributed by atoms with van der Waals surface area (Å²) >= 11 is 1.96. The number of rotatable bonds is 8. The van der Waals surface area contributed by atoms with Crippen LogP contribution in [-0.2, 0) is 5.75 Å². The highest BCUT2D eigenvalue weighted by Gasteiger charge is 1.89. The van der Waals surface area contributed by atoms with E-state index in [0.29, 0.717) is 0 Å². The van der Waals surface area contributed by atoms with Crippen molar-refractivity contribution in [2.24, 2.45) is 0 Å². The first-order valence-corrected chi connectivity index (χ1v) is 9.02. The Morgan fingerprint density at radius 2 is 2.00 bits per heavy atom. The van der Waals surface area contributed by atoms with Gasteiger partial charge in [-0.25, -0.2) is 0 Å². The quantitative estimate of drug-likeness (QED) is 0.469. The lowest BCUT2D eigenvalue weighted by atomic mass is 10.2. The van der Waals surface area contributed by atoms with E-state index in [1.165, 1.54) is 17.7 Å². The molecule has 0 fully saturated rings. The van der Waals surface area contributed by atoms with Crippen molar-refractivity contribution in [2.75, 3.05) is 11.5 Å². The lowest BCUT2D eigenvalue weighted by Gasteiger charge is -1.98. The Bertz CT molecular complexity index is 282. The van der Waals surface area contributed by atoms with Crippen molar-refractivity contribution in [1.82, 2.24) is 0 Å². The van der Waals surface area contributed by atoms with Gasteiger partial charge in [0.15, 0.2) is 0 Å². The van der Waals surface area contributed by atoms with Gasteiger partial charge in [-0.2, -0.15) is 11.8 Å². The number of thioether (sulfide) groups is 1. The maximum atomic E-state index is 2.25. The standard InChI is InChI=1S/C13H18S3/c1-2-9-15-16-11-6-10-14-12-13-7-4-3-5-8-13/h3-8,11H,2,9-10,12H2,1H3/b11-6+. The lowest BCUT2D eigenvalue weighted by molar-refractivity contribution is 1.11. The summed E-state index contributed by atoms with van der Waals surface area (Å²) in [4.78, 5) is 0. The van der Waals surface area contributed by atoms with Crippen molar-refractivity contribution in [3.05, 3.63) is 47.4 Å². The average molecular weight is 270 g/mol. The van der Waals surface area contributed by atoms with Crippen LogP contribution in [0.25, 0.3) is 0 Å². The maximum absolute atomic E-state index is 2.25. The molecular weight excluding hydrogens is 252 g/mol. The van der Waals surface area contributed by atoms with Crippen LogP contribution in [0.2, 0.25) is 0 Å². The molecule has 0 N–H and O–H groups in total. The van der Waals surface area contributed by atoms with E-state index in [-0.39, 0.29) is 0 Å². The van der Waals surface area contributed by atoms with Crippen LogP contribution in [0.1, 0.15) is 18.9 Å². The second kappa shape index (κ2) is 10.2. The van der Waals surface area contributed by atoms with Crippen LogP contribution in [0, 0.1) is 0 Å². The Morgan fingerprint density at radius 1 is 1.19 bits per heavy atom. The van der Waals surface area contributed by atoms with Gasteiger partial charge < -0.3 is 0 Å².